The third-order valence-corrected chi connectivity index (χ3v) is 4.96. The number of carbonyl (C=O) groups is 1. The molecule has 0 bridgehead atoms. The SMILES string of the molecule is CS(=O)(=O)N(CC(=O)NCc1ccccc1Cl)c1cccc([N+](=O)[O-])c1. The number of nitrogens with one attached hydrogen (secondary N) is 1. The van der Waals surface area contributed by atoms with Crippen LogP contribution in [0.2, 0.25) is 5.02 Å². The predicted octanol–water partition coefficient (Wildman–Crippen LogP) is 2.33. The van der Waals surface area contributed by atoms with E-state index in [-0.39, 0.29) is 17.9 Å². The number of amides is 1. The van der Waals surface area contributed by atoms with Crippen molar-refractivity contribution in [1.82, 2.24) is 5.32 Å². The van der Waals surface area contributed by atoms with Gasteiger partial charge in [-0.2, -0.15) is 0 Å². The van der Waals surface area contributed by atoms with Crippen LogP contribution in [0.1, 0.15) is 5.56 Å². The first-order valence-electron chi connectivity index (χ1n) is 7.41. The number of hydrogen-bond donors (Lipinski definition) is 1. The second-order valence-corrected chi connectivity index (χ2v) is 7.73. The molecule has 0 fully saturated rings. The summed E-state index contributed by atoms with van der Waals surface area (Å²) in [7, 11) is -3.82. The minimum atomic E-state index is -3.82. The van der Waals surface area contributed by atoms with Crippen LogP contribution in [-0.2, 0) is 21.4 Å². The maximum atomic E-state index is 12.2. The molecule has 2 aromatic carbocycles. The molecular weight excluding hydrogens is 382 g/mol. The first-order chi connectivity index (χ1) is 12.2. The Balaban J connectivity index is 2.16. The van der Waals surface area contributed by atoms with Gasteiger partial charge in [0.25, 0.3) is 5.69 Å². The molecule has 0 spiro atoms. The van der Waals surface area contributed by atoms with Crippen molar-refractivity contribution < 1.29 is 18.1 Å². The fourth-order valence-electron chi connectivity index (χ4n) is 2.18. The van der Waals surface area contributed by atoms with Crippen LogP contribution in [0.4, 0.5) is 11.4 Å². The molecule has 1 amide bonds. The largest absolute Gasteiger partial charge is 0.350 e. The van der Waals surface area contributed by atoms with Gasteiger partial charge in [-0.3, -0.25) is 19.2 Å². The number of benzene rings is 2. The standard InChI is InChI=1S/C16H16ClN3O5S/c1-26(24,25)19(13-6-4-7-14(9-13)20(22)23)11-16(21)18-10-12-5-2-3-8-15(12)17/h2-9H,10-11H2,1H3,(H,18,21). The number of carbonyl (C=O) groups excluding carboxylic acids is 1. The summed E-state index contributed by atoms with van der Waals surface area (Å²) in [6.07, 6.45) is 0.924. The highest BCUT2D eigenvalue weighted by atomic mass is 35.5. The van der Waals surface area contributed by atoms with Crippen LogP contribution < -0.4 is 9.62 Å². The van der Waals surface area contributed by atoms with Gasteiger partial charge in [0.05, 0.1) is 16.9 Å². The fraction of sp³-hybridized carbons (Fsp3) is 0.188. The Morgan fingerprint density at radius 2 is 1.92 bits per heavy atom. The van der Waals surface area contributed by atoms with Crippen molar-refractivity contribution in [3.05, 3.63) is 69.2 Å². The van der Waals surface area contributed by atoms with Gasteiger partial charge in [0, 0.05) is 23.7 Å². The van der Waals surface area contributed by atoms with E-state index in [1.807, 2.05) is 0 Å². The average Bonchev–Trinajstić information content (AvgIpc) is 2.58. The molecule has 2 aromatic rings. The van der Waals surface area contributed by atoms with Crippen molar-refractivity contribution in [2.24, 2.45) is 0 Å². The average molecular weight is 398 g/mol. The number of halogens is 1. The van der Waals surface area contributed by atoms with Gasteiger partial charge in [-0.25, -0.2) is 8.42 Å². The van der Waals surface area contributed by atoms with Crippen LogP contribution in [-0.4, -0.2) is 32.0 Å². The molecule has 0 aromatic heterocycles. The summed E-state index contributed by atoms with van der Waals surface area (Å²) in [4.78, 5) is 22.4. The maximum absolute atomic E-state index is 12.2. The van der Waals surface area contributed by atoms with E-state index in [0.29, 0.717) is 10.6 Å². The van der Waals surface area contributed by atoms with Crippen LogP contribution in [0, 0.1) is 10.1 Å². The van der Waals surface area contributed by atoms with E-state index in [1.165, 1.54) is 18.2 Å². The summed E-state index contributed by atoms with van der Waals surface area (Å²) in [5, 5.41) is 13.9. The van der Waals surface area contributed by atoms with Gasteiger partial charge in [0.2, 0.25) is 15.9 Å². The zero-order chi connectivity index (χ0) is 19.3. The molecule has 0 saturated heterocycles. The van der Waals surface area contributed by atoms with Crippen molar-refractivity contribution in [3.63, 3.8) is 0 Å². The molecular formula is C16H16ClN3O5S. The molecule has 0 aliphatic carbocycles. The summed E-state index contributed by atoms with van der Waals surface area (Å²) < 4.78 is 24.9. The number of non-ortho nitro benzene ring substituents is 1. The summed E-state index contributed by atoms with van der Waals surface area (Å²) >= 11 is 6.01. The molecule has 0 atom stereocenters. The summed E-state index contributed by atoms with van der Waals surface area (Å²) in [5.74, 6) is -0.568. The molecule has 0 aliphatic rings. The van der Waals surface area contributed by atoms with Gasteiger partial charge in [0.1, 0.15) is 6.54 Å². The molecule has 2 rings (SSSR count). The fourth-order valence-corrected chi connectivity index (χ4v) is 3.23. The van der Waals surface area contributed by atoms with E-state index in [1.54, 1.807) is 24.3 Å². The first-order valence-corrected chi connectivity index (χ1v) is 9.63. The lowest BCUT2D eigenvalue weighted by atomic mass is 10.2. The molecule has 0 saturated carbocycles. The van der Waals surface area contributed by atoms with Gasteiger partial charge >= 0.3 is 0 Å². The number of sulfonamides is 1. The topological polar surface area (TPSA) is 110 Å². The van der Waals surface area contributed by atoms with E-state index < -0.39 is 27.4 Å². The number of nitro groups is 1. The van der Waals surface area contributed by atoms with Gasteiger partial charge in [-0.15, -0.1) is 0 Å². The van der Waals surface area contributed by atoms with Crippen LogP contribution in [0.3, 0.4) is 0 Å². The quantitative estimate of drug-likeness (QED) is 0.569. The Kier molecular flexibility index (Phi) is 6.17. The van der Waals surface area contributed by atoms with Crippen molar-refractivity contribution in [1.29, 1.82) is 0 Å². The first kappa shape index (κ1) is 19.7. The molecule has 0 unspecified atom stereocenters. The Morgan fingerprint density at radius 1 is 1.23 bits per heavy atom. The van der Waals surface area contributed by atoms with Crippen molar-refractivity contribution in [2.45, 2.75) is 6.54 Å². The van der Waals surface area contributed by atoms with E-state index in [0.717, 1.165) is 16.6 Å². The highest BCUT2D eigenvalue weighted by Gasteiger charge is 2.22. The van der Waals surface area contributed by atoms with Gasteiger partial charge in [-0.05, 0) is 17.7 Å². The monoisotopic (exact) mass is 397 g/mol. The second kappa shape index (κ2) is 8.15. The highest BCUT2D eigenvalue weighted by Crippen LogP contribution is 2.23. The van der Waals surface area contributed by atoms with Crippen LogP contribution in [0.25, 0.3) is 0 Å². The maximum Gasteiger partial charge on any atom is 0.271 e. The third-order valence-electron chi connectivity index (χ3n) is 3.45. The Bertz CT molecular complexity index is 933. The zero-order valence-electron chi connectivity index (χ0n) is 13.8. The number of hydrogen-bond acceptors (Lipinski definition) is 5. The minimum Gasteiger partial charge on any atom is -0.350 e. The number of anilines is 1. The molecule has 10 heteroatoms. The van der Waals surface area contributed by atoms with Crippen molar-refractivity contribution >= 4 is 38.9 Å². The molecule has 0 aliphatic heterocycles. The lowest BCUT2D eigenvalue weighted by Crippen LogP contribution is -2.40. The normalized spacial score (nSPS) is 11.0. The third kappa shape index (κ3) is 5.17. The summed E-state index contributed by atoms with van der Waals surface area (Å²) in [5.41, 5.74) is 0.450. The summed E-state index contributed by atoms with van der Waals surface area (Å²) in [6.45, 7) is -0.379. The van der Waals surface area contributed by atoms with E-state index in [2.05, 4.69) is 5.32 Å². The highest BCUT2D eigenvalue weighted by molar-refractivity contribution is 7.92. The lowest BCUT2D eigenvalue weighted by molar-refractivity contribution is -0.384. The van der Waals surface area contributed by atoms with Gasteiger partial charge in [0.15, 0.2) is 0 Å². The second-order valence-electron chi connectivity index (χ2n) is 5.41. The molecule has 0 radical (unpaired) electrons. The molecule has 26 heavy (non-hydrogen) atoms. The Morgan fingerprint density at radius 3 is 2.54 bits per heavy atom. The minimum absolute atomic E-state index is 0.0367. The van der Waals surface area contributed by atoms with Gasteiger partial charge in [-0.1, -0.05) is 35.9 Å². The van der Waals surface area contributed by atoms with Gasteiger partial charge < -0.3 is 5.32 Å². The predicted molar refractivity (Wildman–Crippen MR) is 98.6 cm³/mol. The molecule has 8 nitrogen and oxygen atoms in total. The van der Waals surface area contributed by atoms with Crippen LogP contribution in [0.5, 0.6) is 0 Å². The summed E-state index contributed by atoms with van der Waals surface area (Å²) in [6, 6.07) is 12.0. The number of nitrogens with zero attached hydrogens (tertiary/aromatic N) is 2. The van der Waals surface area contributed by atoms with Crippen molar-refractivity contribution in [3.8, 4) is 0 Å². The lowest BCUT2D eigenvalue weighted by Gasteiger charge is -2.21. The molecule has 1 N–H and O–H groups in total. The smallest absolute Gasteiger partial charge is 0.271 e. The Hall–Kier alpha value is -2.65. The van der Waals surface area contributed by atoms with E-state index in [9.17, 15) is 23.3 Å². The zero-order valence-corrected chi connectivity index (χ0v) is 15.3. The molecule has 138 valence electrons. The molecule has 0 heterocycles. The Labute approximate surface area is 155 Å². The van der Waals surface area contributed by atoms with E-state index in [4.69, 9.17) is 11.6 Å². The number of nitro benzene ring substituents is 1. The van der Waals surface area contributed by atoms with Crippen LogP contribution >= 0.6 is 11.6 Å². The van der Waals surface area contributed by atoms with Crippen LogP contribution in [0.15, 0.2) is 48.5 Å². The van der Waals surface area contributed by atoms with E-state index >= 15 is 0 Å². The van der Waals surface area contributed by atoms with Crippen molar-refractivity contribution in [2.75, 3.05) is 17.1 Å². The number of rotatable bonds is 7.